The van der Waals surface area contributed by atoms with E-state index in [0.717, 1.165) is 5.56 Å². The first-order valence-electron chi connectivity index (χ1n) is 4.77. The van der Waals surface area contributed by atoms with Gasteiger partial charge in [-0.15, -0.1) is 0 Å². The molecule has 1 saturated heterocycles. The molecule has 1 aliphatic heterocycles. The lowest BCUT2D eigenvalue weighted by molar-refractivity contribution is -0.157. The lowest BCUT2D eigenvalue weighted by Crippen LogP contribution is -2.60. The molecular formula is C11H15NO2. The highest BCUT2D eigenvalue weighted by Gasteiger charge is 2.51. The first-order valence-corrected chi connectivity index (χ1v) is 4.77. The molecule has 2 heterocycles. The van der Waals surface area contributed by atoms with Crippen LogP contribution in [0.1, 0.15) is 19.4 Å². The van der Waals surface area contributed by atoms with Crippen LogP contribution < -0.4 is 0 Å². The summed E-state index contributed by atoms with van der Waals surface area (Å²) in [5.41, 5.74) is 0.0916. The standard InChI is InChI=1S/C11H15NO2/c1-10(2,13)11(7-14-8-11)9-3-5-12-6-4-9/h3-6,13H,7-8H2,1-2H3. The predicted molar refractivity (Wildman–Crippen MR) is 53.0 cm³/mol. The fourth-order valence-corrected chi connectivity index (χ4v) is 1.85. The first-order chi connectivity index (χ1) is 6.56. The molecule has 1 N–H and O–H groups in total. The molecule has 2 rings (SSSR count). The third-order valence-corrected chi connectivity index (χ3v) is 3.10. The molecule has 3 nitrogen and oxygen atoms in total. The van der Waals surface area contributed by atoms with Crippen molar-refractivity contribution in [3.63, 3.8) is 0 Å². The van der Waals surface area contributed by atoms with Crippen LogP contribution in [0.5, 0.6) is 0 Å². The van der Waals surface area contributed by atoms with Gasteiger partial charge in [0.1, 0.15) is 0 Å². The number of rotatable bonds is 2. The summed E-state index contributed by atoms with van der Waals surface area (Å²) in [6.07, 6.45) is 3.50. The maximum atomic E-state index is 10.1. The molecule has 0 aromatic carbocycles. The summed E-state index contributed by atoms with van der Waals surface area (Å²) in [7, 11) is 0. The van der Waals surface area contributed by atoms with Crippen molar-refractivity contribution >= 4 is 0 Å². The number of aromatic nitrogens is 1. The van der Waals surface area contributed by atoms with E-state index >= 15 is 0 Å². The van der Waals surface area contributed by atoms with Gasteiger partial charge in [0.15, 0.2) is 0 Å². The summed E-state index contributed by atoms with van der Waals surface area (Å²) in [5, 5.41) is 10.1. The Morgan fingerprint density at radius 2 is 1.93 bits per heavy atom. The minimum atomic E-state index is -0.757. The fourth-order valence-electron chi connectivity index (χ4n) is 1.85. The molecule has 0 aliphatic carbocycles. The van der Waals surface area contributed by atoms with Crippen LogP contribution >= 0.6 is 0 Å². The maximum absolute atomic E-state index is 10.1. The Hall–Kier alpha value is -0.930. The number of hydrogen-bond acceptors (Lipinski definition) is 3. The van der Waals surface area contributed by atoms with E-state index in [2.05, 4.69) is 4.98 Å². The van der Waals surface area contributed by atoms with E-state index in [1.807, 2.05) is 26.0 Å². The molecule has 0 bridgehead atoms. The Morgan fingerprint density at radius 1 is 1.36 bits per heavy atom. The molecule has 3 heteroatoms. The zero-order valence-corrected chi connectivity index (χ0v) is 8.53. The normalized spacial score (nSPS) is 20.2. The molecule has 0 amide bonds. The summed E-state index contributed by atoms with van der Waals surface area (Å²) in [5.74, 6) is 0. The van der Waals surface area contributed by atoms with E-state index in [9.17, 15) is 5.11 Å². The molecule has 1 aromatic rings. The van der Waals surface area contributed by atoms with Crippen molar-refractivity contribution < 1.29 is 9.84 Å². The molecule has 0 spiro atoms. The van der Waals surface area contributed by atoms with Crippen molar-refractivity contribution in [1.82, 2.24) is 4.98 Å². The molecule has 0 unspecified atom stereocenters. The van der Waals surface area contributed by atoms with Gasteiger partial charge < -0.3 is 9.84 Å². The van der Waals surface area contributed by atoms with Crippen molar-refractivity contribution in [2.24, 2.45) is 0 Å². The zero-order valence-electron chi connectivity index (χ0n) is 8.53. The lowest BCUT2D eigenvalue weighted by Gasteiger charge is -2.49. The Morgan fingerprint density at radius 3 is 2.29 bits per heavy atom. The second kappa shape index (κ2) is 3.04. The second-order valence-electron chi connectivity index (χ2n) is 4.37. The summed E-state index contributed by atoms with van der Waals surface area (Å²) < 4.78 is 5.24. The van der Waals surface area contributed by atoms with E-state index in [1.54, 1.807) is 12.4 Å². The second-order valence-corrected chi connectivity index (χ2v) is 4.37. The average Bonchev–Trinajstić information content (AvgIpc) is 2.01. The molecule has 0 saturated carbocycles. The predicted octanol–water partition coefficient (Wildman–Crippen LogP) is 1.12. The van der Waals surface area contributed by atoms with Gasteiger partial charge in [0.25, 0.3) is 0 Å². The molecule has 1 aromatic heterocycles. The van der Waals surface area contributed by atoms with E-state index in [4.69, 9.17) is 4.74 Å². The summed E-state index contributed by atoms with van der Waals surface area (Å²) in [4.78, 5) is 3.98. The summed E-state index contributed by atoms with van der Waals surface area (Å²) in [6, 6.07) is 3.89. The maximum Gasteiger partial charge on any atom is 0.0732 e. The number of ether oxygens (including phenoxy) is 1. The Bertz CT molecular complexity index is 312. The van der Waals surface area contributed by atoms with Crippen LogP contribution in [0.2, 0.25) is 0 Å². The van der Waals surface area contributed by atoms with E-state index in [-0.39, 0.29) is 5.41 Å². The SMILES string of the molecule is CC(C)(O)C1(c2ccncc2)COC1. The van der Waals surface area contributed by atoms with E-state index in [0.29, 0.717) is 13.2 Å². The largest absolute Gasteiger partial charge is 0.389 e. The Kier molecular flexibility index (Phi) is 2.09. The minimum Gasteiger partial charge on any atom is -0.389 e. The molecule has 14 heavy (non-hydrogen) atoms. The van der Waals surface area contributed by atoms with Crippen molar-refractivity contribution in [2.75, 3.05) is 13.2 Å². The van der Waals surface area contributed by atoms with Gasteiger partial charge in [-0.25, -0.2) is 0 Å². The number of pyridine rings is 1. The lowest BCUT2D eigenvalue weighted by atomic mass is 9.67. The highest BCUT2D eigenvalue weighted by Crippen LogP contribution is 2.41. The van der Waals surface area contributed by atoms with E-state index < -0.39 is 5.60 Å². The Balaban J connectivity index is 2.39. The van der Waals surface area contributed by atoms with Gasteiger partial charge in [-0.2, -0.15) is 0 Å². The Labute approximate surface area is 83.7 Å². The van der Waals surface area contributed by atoms with Crippen molar-refractivity contribution in [3.05, 3.63) is 30.1 Å². The van der Waals surface area contributed by atoms with Crippen LogP contribution in [-0.4, -0.2) is 28.9 Å². The van der Waals surface area contributed by atoms with Gasteiger partial charge in [-0.05, 0) is 31.5 Å². The van der Waals surface area contributed by atoms with Gasteiger partial charge in [-0.3, -0.25) is 4.98 Å². The monoisotopic (exact) mass is 193 g/mol. The quantitative estimate of drug-likeness (QED) is 0.765. The molecular weight excluding hydrogens is 178 g/mol. The highest BCUT2D eigenvalue weighted by molar-refractivity contribution is 5.30. The average molecular weight is 193 g/mol. The van der Waals surface area contributed by atoms with Crippen LogP contribution in [0.3, 0.4) is 0 Å². The van der Waals surface area contributed by atoms with Crippen LogP contribution in [0.25, 0.3) is 0 Å². The van der Waals surface area contributed by atoms with Gasteiger partial charge in [-0.1, -0.05) is 0 Å². The number of nitrogens with zero attached hydrogens (tertiary/aromatic N) is 1. The summed E-state index contributed by atoms with van der Waals surface area (Å²) in [6.45, 7) is 4.83. The van der Waals surface area contributed by atoms with Gasteiger partial charge in [0, 0.05) is 12.4 Å². The highest BCUT2D eigenvalue weighted by atomic mass is 16.5. The molecule has 0 radical (unpaired) electrons. The third-order valence-electron chi connectivity index (χ3n) is 3.10. The first kappa shape index (κ1) is 9.62. The summed E-state index contributed by atoms with van der Waals surface area (Å²) >= 11 is 0. The fraction of sp³-hybridized carbons (Fsp3) is 0.545. The van der Waals surface area contributed by atoms with Gasteiger partial charge >= 0.3 is 0 Å². The third kappa shape index (κ3) is 1.24. The molecule has 1 fully saturated rings. The smallest absolute Gasteiger partial charge is 0.0732 e. The van der Waals surface area contributed by atoms with Crippen molar-refractivity contribution in [2.45, 2.75) is 24.9 Å². The molecule has 0 atom stereocenters. The van der Waals surface area contributed by atoms with Crippen LogP contribution in [-0.2, 0) is 10.2 Å². The number of aliphatic hydroxyl groups is 1. The van der Waals surface area contributed by atoms with Crippen molar-refractivity contribution in [1.29, 1.82) is 0 Å². The number of hydrogen-bond donors (Lipinski definition) is 1. The van der Waals surface area contributed by atoms with Crippen molar-refractivity contribution in [3.8, 4) is 0 Å². The van der Waals surface area contributed by atoms with Crippen LogP contribution in [0.4, 0.5) is 0 Å². The van der Waals surface area contributed by atoms with Crippen LogP contribution in [0, 0.1) is 0 Å². The van der Waals surface area contributed by atoms with Gasteiger partial charge in [0.05, 0.1) is 24.2 Å². The molecule has 76 valence electrons. The van der Waals surface area contributed by atoms with Crippen LogP contribution in [0.15, 0.2) is 24.5 Å². The van der Waals surface area contributed by atoms with Gasteiger partial charge in [0.2, 0.25) is 0 Å². The molecule has 1 aliphatic rings. The minimum absolute atomic E-state index is 0.254. The topological polar surface area (TPSA) is 42.4 Å². The van der Waals surface area contributed by atoms with E-state index in [1.165, 1.54) is 0 Å². The zero-order chi connectivity index (χ0) is 10.2.